The Kier molecular flexibility index (Phi) is 8.69. The first-order chi connectivity index (χ1) is 25.4. The van der Waals surface area contributed by atoms with E-state index in [0.29, 0.717) is 22.5 Å². The number of carbonyl (C=O) groups excluding carboxylic acids is 3. The van der Waals surface area contributed by atoms with Crippen molar-refractivity contribution in [2.75, 3.05) is 13.2 Å². The zero-order valence-corrected chi connectivity index (χ0v) is 28.6. The molecule has 8 rings (SSSR count). The molecule has 2 aliphatic carbocycles. The largest absolute Gasteiger partial charge is 0.463 e. The first-order valence-corrected chi connectivity index (χ1v) is 17.6. The molecule has 52 heavy (non-hydrogen) atoms. The predicted molar refractivity (Wildman–Crippen MR) is 195 cm³/mol. The van der Waals surface area contributed by atoms with Crippen LogP contribution in [0.1, 0.15) is 40.9 Å². The molecule has 1 saturated carbocycles. The molecule has 2 bridgehead atoms. The van der Waals surface area contributed by atoms with Crippen LogP contribution in [0, 0.1) is 23.7 Å². The zero-order chi connectivity index (χ0) is 35.8. The number of ether oxygens (including phenoxy) is 1. The van der Waals surface area contributed by atoms with Crippen LogP contribution in [0.15, 0.2) is 157 Å². The summed E-state index contributed by atoms with van der Waals surface area (Å²) >= 11 is 0. The molecule has 3 aromatic carbocycles. The number of esters is 1. The fourth-order valence-electron chi connectivity index (χ4n) is 8.37. The van der Waals surface area contributed by atoms with Crippen LogP contribution < -0.4 is 0 Å². The van der Waals surface area contributed by atoms with E-state index in [4.69, 9.17) is 9.72 Å². The predicted octanol–water partition coefficient (Wildman–Crippen LogP) is 6.35. The van der Waals surface area contributed by atoms with E-state index in [-0.39, 0.29) is 25.0 Å². The summed E-state index contributed by atoms with van der Waals surface area (Å²) in [5.41, 5.74) is 4.08. The molecule has 3 aliphatic rings. The van der Waals surface area contributed by atoms with Crippen molar-refractivity contribution >= 4 is 23.4 Å². The molecule has 6 unspecified atom stereocenters. The number of fused-ring (bicyclic) bond motifs is 5. The second-order valence-electron chi connectivity index (χ2n) is 13.5. The maximum Gasteiger partial charge on any atom is 0.313 e. The SMILES string of the molecule is CC(C(=O)OCCN1C(=O)C2C3C=C(C(O)(c4ccccc4)c4ccccn4)C(C3=C(c3ccccc3)c3ccccn3)C2C1=O)c1ccccc1. The van der Waals surface area contributed by atoms with Crippen LogP contribution in [0.2, 0.25) is 0 Å². The average molecular weight is 688 g/mol. The molecule has 1 saturated heterocycles. The van der Waals surface area contributed by atoms with Gasteiger partial charge in [0, 0.05) is 29.8 Å². The van der Waals surface area contributed by atoms with Crippen molar-refractivity contribution in [2.24, 2.45) is 23.7 Å². The summed E-state index contributed by atoms with van der Waals surface area (Å²) in [6, 6.07) is 39.7. The van der Waals surface area contributed by atoms with E-state index in [0.717, 1.165) is 22.3 Å². The topological polar surface area (TPSA) is 110 Å². The Bertz CT molecular complexity index is 2090. The standard InChI is InChI=1S/C44H37N3O5/c1-28(29-15-5-2-6-16-29)43(50)52-26-25-47-41(48)38-32-27-33(44(51,31-19-9-4-10-20-31)35-22-12-14-24-46-35)39(40(38)42(47)49)37(32)36(30-17-7-3-8-18-30)34-21-11-13-23-45-34/h2-24,27-28,32,38-40,51H,25-26H2,1H3. The van der Waals surface area contributed by atoms with Gasteiger partial charge in [0.15, 0.2) is 5.60 Å². The Hall–Kier alpha value is -5.99. The van der Waals surface area contributed by atoms with Gasteiger partial charge in [0.25, 0.3) is 0 Å². The Morgan fingerprint density at radius 1 is 0.788 bits per heavy atom. The minimum atomic E-state index is -1.70. The highest BCUT2D eigenvalue weighted by molar-refractivity contribution is 6.08. The zero-order valence-electron chi connectivity index (χ0n) is 28.6. The molecular weight excluding hydrogens is 651 g/mol. The van der Waals surface area contributed by atoms with Crippen molar-refractivity contribution < 1.29 is 24.2 Å². The van der Waals surface area contributed by atoms with E-state index in [9.17, 15) is 19.5 Å². The number of carbonyl (C=O) groups is 3. The van der Waals surface area contributed by atoms with E-state index >= 15 is 0 Å². The molecule has 1 aliphatic heterocycles. The number of amides is 2. The van der Waals surface area contributed by atoms with Gasteiger partial charge < -0.3 is 9.84 Å². The van der Waals surface area contributed by atoms with Gasteiger partial charge in [-0.3, -0.25) is 29.3 Å². The molecule has 3 heterocycles. The molecule has 6 atom stereocenters. The van der Waals surface area contributed by atoms with Crippen LogP contribution in [0.3, 0.4) is 0 Å². The first-order valence-electron chi connectivity index (χ1n) is 17.6. The monoisotopic (exact) mass is 687 g/mol. The van der Waals surface area contributed by atoms with Gasteiger partial charge in [0.05, 0.1) is 35.7 Å². The minimum absolute atomic E-state index is 0.0548. The fraction of sp³-hybridized carbons (Fsp3) is 0.205. The summed E-state index contributed by atoms with van der Waals surface area (Å²) in [4.78, 5) is 52.6. The number of nitrogens with zero attached hydrogens (tertiary/aromatic N) is 3. The van der Waals surface area contributed by atoms with Crippen molar-refractivity contribution in [1.82, 2.24) is 14.9 Å². The third-order valence-corrected chi connectivity index (χ3v) is 10.8. The smallest absolute Gasteiger partial charge is 0.313 e. The normalized spacial score (nSPS) is 23.1. The van der Waals surface area contributed by atoms with Crippen LogP contribution in [-0.4, -0.2) is 50.9 Å². The minimum Gasteiger partial charge on any atom is -0.463 e. The third-order valence-electron chi connectivity index (χ3n) is 10.8. The fourth-order valence-corrected chi connectivity index (χ4v) is 8.37. The molecule has 8 nitrogen and oxygen atoms in total. The lowest BCUT2D eigenvalue weighted by molar-refractivity contribution is -0.149. The van der Waals surface area contributed by atoms with E-state index in [1.54, 1.807) is 31.5 Å². The summed E-state index contributed by atoms with van der Waals surface area (Å²) < 4.78 is 5.61. The van der Waals surface area contributed by atoms with Crippen molar-refractivity contribution in [1.29, 1.82) is 0 Å². The van der Waals surface area contributed by atoms with Crippen LogP contribution in [0.25, 0.3) is 5.57 Å². The number of hydrogen-bond donors (Lipinski definition) is 1. The lowest BCUT2D eigenvalue weighted by Crippen LogP contribution is -2.39. The first kappa shape index (κ1) is 33.2. The number of allylic oxidation sites excluding steroid dienone is 2. The average Bonchev–Trinajstić information content (AvgIpc) is 3.82. The summed E-state index contributed by atoms with van der Waals surface area (Å²) in [6.07, 6.45) is 5.37. The van der Waals surface area contributed by atoms with E-state index in [2.05, 4.69) is 4.98 Å². The van der Waals surface area contributed by atoms with E-state index in [1.807, 2.05) is 121 Å². The lowest BCUT2D eigenvalue weighted by Gasteiger charge is -2.36. The Balaban J connectivity index is 1.21. The van der Waals surface area contributed by atoms with Crippen LogP contribution in [-0.2, 0) is 24.7 Å². The Morgan fingerprint density at radius 2 is 1.40 bits per heavy atom. The van der Waals surface area contributed by atoms with Gasteiger partial charge in [-0.1, -0.05) is 109 Å². The molecular formula is C44H37N3O5. The summed E-state index contributed by atoms with van der Waals surface area (Å²) in [7, 11) is 0. The van der Waals surface area contributed by atoms with Crippen LogP contribution in [0.4, 0.5) is 0 Å². The van der Waals surface area contributed by atoms with Crippen molar-refractivity contribution in [3.05, 3.63) is 185 Å². The number of imide groups is 1. The van der Waals surface area contributed by atoms with Gasteiger partial charge in [0.1, 0.15) is 6.61 Å². The highest BCUT2D eigenvalue weighted by Crippen LogP contribution is 2.64. The van der Waals surface area contributed by atoms with E-state index in [1.165, 1.54) is 4.90 Å². The second kappa shape index (κ2) is 13.6. The maximum atomic E-state index is 14.6. The van der Waals surface area contributed by atoms with Gasteiger partial charge in [-0.05, 0) is 59.0 Å². The lowest BCUT2D eigenvalue weighted by atomic mass is 9.71. The highest BCUT2D eigenvalue weighted by Gasteiger charge is 2.66. The van der Waals surface area contributed by atoms with Gasteiger partial charge in [0.2, 0.25) is 11.8 Å². The van der Waals surface area contributed by atoms with Crippen molar-refractivity contribution in [3.8, 4) is 0 Å². The molecule has 1 N–H and O–H groups in total. The maximum absolute atomic E-state index is 14.6. The highest BCUT2D eigenvalue weighted by atomic mass is 16.5. The van der Waals surface area contributed by atoms with E-state index < -0.39 is 41.2 Å². The summed E-state index contributed by atoms with van der Waals surface area (Å²) in [5, 5.41) is 13.1. The number of aromatic nitrogens is 2. The van der Waals surface area contributed by atoms with Gasteiger partial charge in [-0.25, -0.2) is 0 Å². The number of hydrogen-bond acceptors (Lipinski definition) is 7. The molecule has 2 amide bonds. The second-order valence-corrected chi connectivity index (χ2v) is 13.5. The number of pyridine rings is 2. The Morgan fingerprint density at radius 3 is 2.06 bits per heavy atom. The quantitative estimate of drug-likeness (QED) is 0.104. The van der Waals surface area contributed by atoms with Gasteiger partial charge in [-0.2, -0.15) is 0 Å². The molecule has 5 aromatic rings. The molecule has 0 radical (unpaired) electrons. The van der Waals surface area contributed by atoms with Crippen LogP contribution >= 0.6 is 0 Å². The molecule has 8 heteroatoms. The number of rotatable bonds is 10. The Labute approximate surface area is 302 Å². The number of likely N-dealkylation sites (tertiary alicyclic amines) is 1. The molecule has 2 fully saturated rings. The molecule has 258 valence electrons. The van der Waals surface area contributed by atoms with Gasteiger partial charge in [-0.15, -0.1) is 0 Å². The molecule has 0 spiro atoms. The third kappa shape index (κ3) is 5.47. The van der Waals surface area contributed by atoms with Crippen molar-refractivity contribution in [3.63, 3.8) is 0 Å². The number of aliphatic hydroxyl groups is 1. The van der Waals surface area contributed by atoms with Gasteiger partial charge >= 0.3 is 5.97 Å². The number of benzene rings is 3. The molecule has 2 aromatic heterocycles. The van der Waals surface area contributed by atoms with Crippen molar-refractivity contribution in [2.45, 2.75) is 18.4 Å². The van der Waals surface area contributed by atoms with Crippen LogP contribution in [0.5, 0.6) is 0 Å². The summed E-state index contributed by atoms with van der Waals surface area (Å²) in [6.45, 7) is 1.60. The summed E-state index contributed by atoms with van der Waals surface area (Å²) in [5.74, 6) is -4.21.